The number of Topliss-reactive ketones (excluding diaryl/α,β-unsaturated/α-hetero) is 1. The molecule has 2 N–H and O–H groups in total. The molecule has 1 aliphatic heterocycles. The van der Waals surface area contributed by atoms with Crippen molar-refractivity contribution in [3.05, 3.63) is 89.2 Å². The SMILES string of the molecule is CC.CN.O=C(C1Sc2ccccc2C1Cl)N(Cc1cc(-c2ccc(C(=O)C(F)(F)F)cc2)ccc1F)C1CCCCC1. The summed E-state index contributed by atoms with van der Waals surface area (Å²) in [5, 5.41) is -1.00. The topological polar surface area (TPSA) is 63.4 Å². The lowest BCUT2D eigenvalue weighted by atomic mass is 9.93. The van der Waals surface area contributed by atoms with Gasteiger partial charge in [-0.1, -0.05) is 81.6 Å². The summed E-state index contributed by atoms with van der Waals surface area (Å²) in [6.45, 7) is 4.06. The summed E-state index contributed by atoms with van der Waals surface area (Å²) in [7, 11) is 1.50. The highest BCUT2D eigenvalue weighted by molar-refractivity contribution is 8.01. The van der Waals surface area contributed by atoms with E-state index in [0.29, 0.717) is 16.7 Å². The van der Waals surface area contributed by atoms with Crippen LogP contribution in [0, 0.1) is 5.82 Å². The number of carbonyl (C=O) groups is 2. The monoisotopic (exact) mass is 636 g/mol. The highest BCUT2D eigenvalue weighted by Crippen LogP contribution is 2.48. The normalized spacial score (nSPS) is 18.0. The van der Waals surface area contributed by atoms with Crippen molar-refractivity contribution >= 4 is 35.1 Å². The van der Waals surface area contributed by atoms with Crippen LogP contribution in [0.1, 0.15) is 72.8 Å². The Morgan fingerprint density at radius 2 is 1.53 bits per heavy atom. The van der Waals surface area contributed by atoms with Crippen molar-refractivity contribution in [3.63, 3.8) is 0 Å². The summed E-state index contributed by atoms with van der Waals surface area (Å²) in [6.07, 6.45) is -0.222. The van der Waals surface area contributed by atoms with Crippen LogP contribution in [0.3, 0.4) is 0 Å². The average Bonchev–Trinajstić information content (AvgIpc) is 3.38. The Bertz CT molecular complexity index is 1380. The van der Waals surface area contributed by atoms with Crippen molar-refractivity contribution in [2.75, 3.05) is 7.05 Å². The zero-order valence-electron chi connectivity index (χ0n) is 24.5. The molecule has 2 atom stereocenters. The second-order valence-corrected chi connectivity index (χ2v) is 11.6. The predicted octanol–water partition coefficient (Wildman–Crippen LogP) is 8.95. The molecule has 3 aromatic rings. The van der Waals surface area contributed by atoms with E-state index in [2.05, 4.69) is 5.73 Å². The zero-order chi connectivity index (χ0) is 31.7. The number of ketones is 1. The summed E-state index contributed by atoms with van der Waals surface area (Å²) in [6, 6.07) is 17.1. The van der Waals surface area contributed by atoms with Crippen molar-refractivity contribution in [2.24, 2.45) is 5.73 Å². The Kier molecular flexibility index (Phi) is 12.7. The van der Waals surface area contributed by atoms with Crippen molar-refractivity contribution in [2.45, 2.75) is 80.2 Å². The molecule has 0 bridgehead atoms. The van der Waals surface area contributed by atoms with Crippen molar-refractivity contribution in [3.8, 4) is 11.1 Å². The molecular weight excluding hydrogens is 600 g/mol. The summed E-state index contributed by atoms with van der Waals surface area (Å²) >= 11 is 8.19. The number of carbonyl (C=O) groups excluding carboxylic acids is 2. The summed E-state index contributed by atoms with van der Waals surface area (Å²) in [4.78, 5) is 28.2. The van der Waals surface area contributed by atoms with Crippen LogP contribution in [0.2, 0.25) is 0 Å². The van der Waals surface area contributed by atoms with Gasteiger partial charge in [0.1, 0.15) is 11.1 Å². The minimum absolute atomic E-state index is 0.0323. The molecule has 0 saturated heterocycles. The van der Waals surface area contributed by atoms with Crippen LogP contribution in [0.5, 0.6) is 0 Å². The number of alkyl halides is 4. The van der Waals surface area contributed by atoms with Gasteiger partial charge in [-0.05, 0) is 54.8 Å². The Morgan fingerprint density at radius 3 is 2.14 bits per heavy atom. The van der Waals surface area contributed by atoms with Crippen LogP contribution in [0.15, 0.2) is 71.6 Å². The molecule has 2 aliphatic rings. The summed E-state index contributed by atoms with van der Waals surface area (Å²) in [5.74, 6) is -2.51. The first kappa shape index (κ1) is 34.6. The number of hydrogen-bond donors (Lipinski definition) is 1. The third kappa shape index (κ3) is 8.19. The molecule has 1 amide bonds. The van der Waals surface area contributed by atoms with Gasteiger partial charge >= 0.3 is 6.18 Å². The van der Waals surface area contributed by atoms with E-state index in [4.69, 9.17) is 11.6 Å². The maximum Gasteiger partial charge on any atom is 0.454 e. The standard InChI is InChI=1S/C30H26ClF4NO2S.C2H6.CH5N/c31-26-23-8-4-5-9-25(23)39-27(26)29(38)36(22-6-2-1-3-7-22)17-21-16-20(14-15-24(21)32)18-10-12-19(13-11-18)28(37)30(33,34)35;2*1-2/h4-5,8-16,22,26-27H,1-3,6-7,17H2;1-2H3;2H2,1H3. The molecule has 2 unspecified atom stereocenters. The largest absolute Gasteiger partial charge is 0.454 e. The number of rotatable bonds is 6. The van der Waals surface area contributed by atoms with Crippen LogP contribution in [0.25, 0.3) is 11.1 Å². The number of benzene rings is 3. The van der Waals surface area contributed by atoms with E-state index < -0.39 is 34.0 Å². The lowest BCUT2D eigenvalue weighted by molar-refractivity contribution is -0.134. The van der Waals surface area contributed by atoms with Crippen LogP contribution < -0.4 is 5.73 Å². The fourth-order valence-corrected chi connectivity index (χ4v) is 7.11. The quantitative estimate of drug-likeness (QED) is 0.167. The fraction of sp³-hybridized carbons (Fsp3) is 0.394. The molecule has 5 rings (SSSR count). The van der Waals surface area contributed by atoms with E-state index in [0.717, 1.165) is 54.7 Å². The van der Waals surface area contributed by atoms with Crippen LogP contribution in [-0.2, 0) is 11.3 Å². The van der Waals surface area contributed by atoms with Gasteiger partial charge in [-0.25, -0.2) is 4.39 Å². The maximum absolute atomic E-state index is 15.1. The highest BCUT2D eigenvalue weighted by Gasteiger charge is 2.41. The number of nitrogens with two attached hydrogens (primary N) is 1. The molecule has 0 aromatic heterocycles. The minimum Gasteiger partial charge on any atom is -0.334 e. The van der Waals surface area contributed by atoms with Gasteiger partial charge in [0, 0.05) is 28.6 Å². The molecular formula is C33H37ClF4N2O2S. The van der Waals surface area contributed by atoms with Crippen molar-refractivity contribution in [1.29, 1.82) is 0 Å². The summed E-state index contributed by atoms with van der Waals surface area (Å²) in [5.41, 5.74) is 6.38. The lowest BCUT2D eigenvalue weighted by Crippen LogP contribution is -2.45. The maximum atomic E-state index is 15.1. The number of thioether (sulfide) groups is 1. The van der Waals surface area contributed by atoms with Crippen molar-refractivity contribution in [1.82, 2.24) is 4.90 Å². The molecule has 1 heterocycles. The number of fused-ring (bicyclic) bond motifs is 1. The van der Waals surface area contributed by atoms with Gasteiger partial charge in [0.25, 0.3) is 5.78 Å². The van der Waals surface area contributed by atoms with E-state index >= 15 is 4.39 Å². The van der Waals surface area contributed by atoms with Gasteiger partial charge in [0.2, 0.25) is 5.91 Å². The molecule has 0 spiro atoms. The first-order valence-electron chi connectivity index (χ1n) is 14.4. The molecule has 43 heavy (non-hydrogen) atoms. The highest BCUT2D eigenvalue weighted by atomic mass is 35.5. The minimum atomic E-state index is -4.96. The number of nitrogens with zero attached hydrogens (tertiary/aromatic N) is 1. The van der Waals surface area contributed by atoms with Gasteiger partial charge in [0.05, 0.1) is 5.38 Å². The van der Waals surface area contributed by atoms with Gasteiger partial charge in [-0.2, -0.15) is 13.2 Å². The summed E-state index contributed by atoms with van der Waals surface area (Å²) < 4.78 is 53.4. The third-order valence-electron chi connectivity index (χ3n) is 7.40. The first-order chi connectivity index (χ1) is 20.6. The molecule has 10 heteroatoms. The number of hydrogen-bond acceptors (Lipinski definition) is 4. The second kappa shape index (κ2) is 15.7. The molecule has 1 saturated carbocycles. The average molecular weight is 637 g/mol. The van der Waals surface area contributed by atoms with Crippen LogP contribution in [-0.4, -0.2) is 41.1 Å². The van der Waals surface area contributed by atoms with Crippen LogP contribution in [0.4, 0.5) is 17.6 Å². The van der Waals surface area contributed by atoms with E-state index in [9.17, 15) is 22.8 Å². The van der Waals surface area contributed by atoms with E-state index in [-0.39, 0.29) is 18.5 Å². The van der Waals surface area contributed by atoms with Gasteiger partial charge in [-0.15, -0.1) is 23.4 Å². The molecule has 0 radical (unpaired) electrons. The Labute approximate surface area is 260 Å². The smallest absolute Gasteiger partial charge is 0.334 e. The Hall–Kier alpha value is -2.88. The fourth-order valence-electron chi connectivity index (χ4n) is 5.33. The van der Waals surface area contributed by atoms with E-state index in [1.165, 1.54) is 43.1 Å². The molecule has 232 valence electrons. The number of amides is 1. The van der Waals surface area contributed by atoms with E-state index in [1.54, 1.807) is 11.0 Å². The Balaban J connectivity index is 0.00000121. The third-order valence-corrected chi connectivity index (χ3v) is 9.39. The second-order valence-electron chi connectivity index (χ2n) is 9.95. The van der Waals surface area contributed by atoms with Gasteiger partial charge < -0.3 is 10.6 Å². The molecule has 3 aromatic carbocycles. The lowest BCUT2D eigenvalue weighted by Gasteiger charge is -2.36. The van der Waals surface area contributed by atoms with Crippen LogP contribution >= 0.6 is 23.4 Å². The molecule has 4 nitrogen and oxygen atoms in total. The van der Waals surface area contributed by atoms with E-state index in [1.807, 2.05) is 38.1 Å². The predicted molar refractivity (Wildman–Crippen MR) is 166 cm³/mol. The Morgan fingerprint density at radius 1 is 0.930 bits per heavy atom. The molecule has 1 fully saturated rings. The zero-order valence-corrected chi connectivity index (χ0v) is 26.0. The van der Waals surface area contributed by atoms with Gasteiger partial charge in [-0.3, -0.25) is 9.59 Å². The molecule has 1 aliphatic carbocycles. The first-order valence-corrected chi connectivity index (χ1v) is 15.7. The number of halogens is 5. The van der Waals surface area contributed by atoms with Crippen molar-refractivity contribution < 1.29 is 27.2 Å². The van der Waals surface area contributed by atoms with Gasteiger partial charge in [0.15, 0.2) is 0 Å².